The predicted molar refractivity (Wildman–Crippen MR) is 112 cm³/mol. The highest BCUT2D eigenvalue weighted by molar-refractivity contribution is 7.80. The van der Waals surface area contributed by atoms with Crippen LogP contribution in [-0.4, -0.2) is 67.5 Å². The van der Waals surface area contributed by atoms with Gasteiger partial charge in [-0.15, -0.1) is 0 Å². The Morgan fingerprint density at radius 1 is 0.852 bits per heavy atom. The summed E-state index contributed by atoms with van der Waals surface area (Å²) in [6.07, 6.45) is 0. The number of nitrogens with zero attached hydrogens (tertiary/aromatic N) is 2. The molecule has 0 bridgehead atoms. The van der Waals surface area contributed by atoms with Gasteiger partial charge in [0.05, 0.1) is 26.4 Å². The van der Waals surface area contributed by atoms with Crippen molar-refractivity contribution in [3.8, 4) is 16.2 Å². The van der Waals surface area contributed by atoms with E-state index in [9.17, 15) is 5.11 Å². The van der Waals surface area contributed by atoms with Crippen molar-refractivity contribution in [2.45, 2.75) is 13.1 Å². The maximum Gasteiger partial charge on any atom is 0.124 e. The first-order valence-electron chi connectivity index (χ1n) is 9.24. The van der Waals surface area contributed by atoms with Crippen LogP contribution in [0.2, 0.25) is 0 Å². The molecular formula is C19H24N2O3S3. The van der Waals surface area contributed by atoms with E-state index in [2.05, 4.69) is 28.0 Å². The summed E-state index contributed by atoms with van der Waals surface area (Å²) in [6.45, 7) is 8.13. The summed E-state index contributed by atoms with van der Waals surface area (Å²) >= 11 is 5.32. The number of aromatic hydroxyl groups is 1. The molecule has 0 spiro atoms. The molecule has 2 aliphatic heterocycles. The highest BCUT2D eigenvalue weighted by Crippen LogP contribution is 2.36. The van der Waals surface area contributed by atoms with E-state index in [0.29, 0.717) is 5.75 Å². The number of morpholine rings is 2. The summed E-state index contributed by atoms with van der Waals surface area (Å²) in [5.41, 5.74) is 3.13. The average molecular weight is 425 g/mol. The van der Waals surface area contributed by atoms with Gasteiger partial charge in [0.25, 0.3) is 0 Å². The molecule has 8 heteroatoms. The van der Waals surface area contributed by atoms with Gasteiger partial charge in [0.2, 0.25) is 0 Å². The molecule has 27 heavy (non-hydrogen) atoms. The first-order valence-corrected chi connectivity index (χ1v) is 11.8. The lowest BCUT2D eigenvalue weighted by Gasteiger charge is -2.29. The predicted octanol–water partition coefficient (Wildman–Crippen LogP) is 3.58. The third-order valence-corrected chi connectivity index (χ3v) is 7.92. The molecule has 1 N–H and O–H groups in total. The van der Waals surface area contributed by atoms with Gasteiger partial charge in [0.1, 0.15) is 9.57 Å². The monoisotopic (exact) mass is 424 g/mol. The lowest BCUT2D eigenvalue weighted by Crippen LogP contribution is -2.36. The molecule has 0 amide bonds. The maximum atomic E-state index is 11.0. The fraction of sp³-hybridized carbons (Fsp3) is 0.526. The molecule has 146 valence electrons. The number of phenolic OH excluding ortho intramolecular Hbond substituents is 1. The van der Waals surface area contributed by atoms with Gasteiger partial charge in [-0.3, -0.25) is 9.80 Å². The van der Waals surface area contributed by atoms with Gasteiger partial charge in [-0.2, -0.15) is 0 Å². The smallest absolute Gasteiger partial charge is 0.124 e. The van der Waals surface area contributed by atoms with Gasteiger partial charge >= 0.3 is 0 Å². The highest BCUT2D eigenvalue weighted by Gasteiger charge is 2.19. The maximum absolute atomic E-state index is 11.0. The first kappa shape index (κ1) is 19.4. The van der Waals surface area contributed by atoms with Crippen LogP contribution in [0.15, 0.2) is 18.2 Å². The van der Waals surface area contributed by atoms with Crippen LogP contribution in [0.3, 0.4) is 0 Å². The van der Waals surface area contributed by atoms with E-state index in [-0.39, 0.29) is 0 Å². The van der Waals surface area contributed by atoms with Crippen molar-refractivity contribution < 1.29 is 14.6 Å². The molecule has 2 fully saturated rings. The fourth-order valence-electron chi connectivity index (χ4n) is 3.52. The number of benzene rings is 1. The van der Waals surface area contributed by atoms with Gasteiger partial charge in [-0.1, -0.05) is 32.9 Å². The molecule has 1 aromatic carbocycles. The Labute approximate surface area is 172 Å². The molecule has 3 heterocycles. The van der Waals surface area contributed by atoms with E-state index in [1.54, 1.807) is 20.7 Å². The Balaban J connectivity index is 1.65. The van der Waals surface area contributed by atoms with Gasteiger partial charge in [0, 0.05) is 55.3 Å². The molecule has 2 aromatic rings. The zero-order chi connectivity index (χ0) is 18.6. The largest absolute Gasteiger partial charge is 0.507 e. The quantitative estimate of drug-likeness (QED) is 0.585. The van der Waals surface area contributed by atoms with Crippen molar-refractivity contribution in [2.75, 3.05) is 52.6 Å². The van der Waals surface area contributed by atoms with Gasteiger partial charge in [-0.05, 0) is 23.8 Å². The Kier molecular flexibility index (Phi) is 6.54. The van der Waals surface area contributed by atoms with E-state index >= 15 is 0 Å². The van der Waals surface area contributed by atoms with Crippen molar-refractivity contribution in [1.82, 2.24) is 9.80 Å². The van der Waals surface area contributed by atoms with Crippen LogP contribution in [0, 0.1) is 3.82 Å². The second-order valence-electron chi connectivity index (χ2n) is 6.91. The Bertz CT molecular complexity index is 783. The minimum Gasteiger partial charge on any atom is -0.507 e. The zero-order valence-electron chi connectivity index (χ0n) is 15.2. The summed E-state index contributed by atoms with van der Waals surface area (Å²) in [7, 11) is 3.33. The summed E-state index contributed by atoms with van der Waals surface area (Å²) in [5, 5.41) is 11.0. The molecule has 2 aliphatic rings. The number of phenols is 1. The van der Waals surface area contributed by atoms with Crippen LogP contribution < -0.4 is 0 Å². The number of hydrogen-bond acceptors (Lipinski definition) is 8. The van der Waals surface area contributed by atoms with Crippen LogP contribution in [0.4, 0.5) is 0 Å². The number of rotatable bonds is 5. The van der Waals surface area contributed by atoms with E-state index in [1.807, 2.05) is 0 Å². The Morgan fingerprint density at radius 2 is 1.37 bits per heavy atom. The third kappa shape index (κ3) is 4.95. The van der Waals surface area contributed by atoms with Crippen molar-refractivity contribution >= 4 is 32.9 Å². The van der Waals surface area contributed by atoms with Crippen molar-refractivity contribution in [3.05, 3.63) is 33.1 Å². The van der Waals surface area contributed by atoms with Crippen molar-refractivity contribution in [2.24, 2.45) is 0 Å². The van der Waals surface area contributed by atoms with Crippen molar-refractivity contribution in [3.63, 3.8) is 0 Å². The summed E-state index contributed by atoms with van der Waals surface area (Å²) < 4.78 is 11.8. The van der Waals surface area contributed by atoms with Gasteiger partial charge in [-0.25, -0.2) is 0 Å². The molecule has 0 radical (unpaired) electrons. The minimum atomic E-state index is 0.426. The molecule has 0 unspecified atom stereocenters. The van der Waals surface area contributed by atoms with E-state index in [1.165, 1.54) is 4.88 Å². The lowest BCUT2D eigenvalue weighted by atomic mass is 10.0. The SMILES string of the molecule is Oc1c(CN2CCOCC2)cc(-c2cc(=S)ss2)cc1CN1CCOCC1. The molecule has 4 rings (SSSR count). The molecule has 0 aliphatic carbocycles. The molecular weight excluding hydrogens is 400 g/mol. The van der Waals surface area contributed by atoms with Crippen LogP contribution in [0.5, 0.6) is 5.75 Å². The molecule has 0 atom stereocenters. The molecule has 2 saturated heterocycles. The highest BCUT2D eigenvalue weighted by atomic mass is 32.9. The van der Waals surface area contributed by atoms with Gasteiger partial charge < -0.3 is 14.6 Å². The van der Waals surface area contributed by atoms with Gasteiger partial charge in [0.15, 0.2) is 0 Å². The van der Waals surface area contributed by atoms with Crippen LogP contribution >= 0.6 is 32.9 Å². The summed E-state index contributed by atoms with van der Waals surface area (Å²) in [5.74, 6) is 0.426. The number of hydrogen-bond donors (Lipinski definition) is 1. The number of ether oxygens (including phenoxy) is 2. The normalized spacial score (nSPS) is 19.4. The molecule has 5 nitrogen and oxygen atoms in total. The lowest BCUT2D eigenvalue weighted by molar-refractivity contribution is 0.0328. The first-order chi connectivity index (χ1) is 13.2. The molecule has 0 saturated carbocycles. The van der Waals surface area contributed by atoms with Crippen LogP contribution in [0.25, 0.3) is 10.4 Å². The van der Waals surface area contributed by atoms with Crippen molar-refractivity contribution in [1.29, 1.82) is 0 Å². The fourth-order valence-corrected chi connectivity index (χ4v) is 5.90. The minimum absolute atomic E-state index is 0.426. The Hall–Kier alpha value is -0.870. The third-order valence-electron chi connectivity index (χ3n) is 5.01. The van der Waals surface area contributed by atoms with E-state index < -0.39 is 0 Å². The topological polar surface area (TPSA) is 45.2 Å². The second-order valence-corrected chi connectivity index (χ2v) is 9.83. The molecule has 1 aromatic heterocycles. The summed E-state index contributed by atoms with van der Waals surface area (Å²) in [4.78, 5) is 5.86. The van der Waals surface area contributed by atoms with Crippen LogP contribution in [0.1, 0.15) is 11.1 Å². The Morgan fingerprint density at radius 3 is 1.81 bits per heavy atom. The second kappa shape index (κ2) is 9.09. The summed E-state index contributed by atoms with van der Waals surface area (Å²) in [6, 6.07) is 6.32. The van der Waals surface area contributed by atoms with E-state index in [4.69, 9.17) is 21.7 Å². The standard InChI is InChI=1S/C19H24N2O3S3/c22-19-15(12-20-1-5-23-6-2-20)9-14(17-11-18(25)27-26-17)10-16(19)13-21-3-7-24-8-4-21/h9-11,22H,1-8,12-13H2. The van der Waals surface area contributed by atoms with E-state index in [0.717, 1.165) is 86.2 Å². The van der Waals surface area contributed by atoms with Crippen LogP contribution in [-0.2, 0) is 22.6 Å². The average Bonchev–Trinajstić information content (AvgIpc) is 3.13. The zero-order valence-corrected chi connectivity index (χ0v) is 17.6.